The second kappa shape index (κ2) is 7.59. The molecule has 2 aromatic rings. The predicted octanol–water partition coefficient (Wildman–Crippen LogP) is 0.362. The molecule has 1 amide bonds. The average molecular weight is 392 g/mol. The minimum atomic E-state index is -3.69. The lowest BCUT2D eigenvalue weighted by atomic mass is 10.2. The third kappa shape index (κ3) is 4.07. The highest BCUT2D eigenvalue weighted by molar-refractivity contribution is 7.89. The topological polar surface area (TPSA) is 111 Å². The normalized spacial score (nSPS) is 15.5. The third-order valence-corrected chi connectivity index (χ3v) is 6.27. The monoisotopic (exact) mass is 392 g/mol. The minimum absolute atomic E-state index is 0.0512. The zero-order valence-corrected chi connectivity index (χ0v) is 15.8. The lowest BCUT2D eigenvalue weighted by molar-refractivity contribution is 0.0730. The molecule has 0 unspecified atom stereocenters. The molecule has 0 radical (unpaired) electrons. The van der Waals surface area contributed by atoms with Gasteiger partial charge in [-0.2, -0.15) is 9.40 Å². The molecule has 144 valence electrons. The molecule has 9 nitrogen and oxygen atoms in total. The fourth-order valence-electron chi connectivity index (χ4n) is 2.70. The molecule has 27 heavy (non-hydrogen) atoms. The van der Waals surface area contributed by atoms with Gasteiger partial charge in [0.15, 0.2) is 0 Å². The summed E-state index contributed by atoms with van der Waals surface area (Å²) in [7, 11) is -2.24. The zero-order valence-electron chi connectivity index (χ0n) is 15.0. The molecule has 0 bridgehead atoms. The Morgan fingerprint density at radius 1 is 1.19 bits per heavy atom. The van der Waals surface area contributed by atoms with Crippen LogP contribution in [-0.4, -0.2) is 54.7 Å². The number of benzene rings is 1. The van der Waals surface area contributed by atoms with Gasteiger partial charge in [-0.25, -0.2) is 13.1 Å². The van der Waals surface area contributed by atoms with Gasteiger partial charge in [0.25, 0.3) is 11.5 Å². The number of nitrogens with one attached hydrogen (secondary N) is 1. The summed E-state index contributed by atoms with van der Waals surface area (Å²) in [6.07, 6.45) is 0. The molecule has 2 heterocycles. The molecule has 10 heteroatoms. The van der Waals surface area contributed by atoms with Crippen molar-refractivity contribution in [1.82, 2.24) is 14.1 Å². The van der Waals surface area contributed by atoms with Crippen molar-refractivity contribution in [2.75, 3.05) is 31.6 Å². The number of hydrogen-bond donors (Lipinski definition) is 1. The number of aryl methyl sites for hydroxylation is 2. The molecule has 0 saturated carbocycles. The van der Waals surface area contributed by atoms with Crippen molar-refractivity contribution in [1.29, 1.82) is 0 Å². The van der Waals surface area contributed by atoms with Crippen LogP contribution in [0.25, 0.3) is 0 Å². The number of ether oxygens (including phenoxy) is 1. The minimum Gasteiger partial charge on any atom is -0.379 e. The van der Waals surface area contributed by atoms with Crippen LogP contribution in [0, 0.1) is 6.92 Å². The third-order valence-electron chi connectivity index (χ3n) is 4.23. The summed E-state index contributed by atoms with van der Waals surface area (Å²) >= 11 is 0. The molecule has 0 spiro atoms. The Bertz CT molecular complexity index is 1030. The van der Waals surface area contributed by atoms with Crippen LogP contribution in [0.1, 0.15) is 16.1 Å². The summed E-state index contributed by atoms with van der Waals surface area (Å²) in [5.41, 5.74) is 0.629. The number of aromatic nitrogens is 2. The van der Waals surface area contributed by atoms with E-state index in [-0.39, 0.29) is 16.1 Å². The molecule has 0 aliphatic carbocycles. The van der Waals surface area contributed by atoms with Gasteiger partial charge in [-0.15, -0.1) is 0 Å². The maximum Gasteiger partial charge on any atom is 0.276 e. The van der Waals surface area contributed by atoms with Crippen LogP contribution in [-0.2, 0) is 21.8 Å². The first kappa shape index (κ1) is 19.2. The fourth-order valence-corrected chi connectivity index (χ4v) is 4.36. The van der Waals surface area contributed by atoms with Crippen LogP contribution >= 0.6 is 0 Å². The zero-order chi connectivity index (χ0) is 19.6. The maximum atomic E-state index is 12.9. The second-order valence-electron chi connectivity index (χ2n) is 6.13. The van der Waals surface area contributed by atoms with E-state index in [0.29, 0.717) is 37.6 Å². The standard InChI is InChI=1S/C17H20N4O5S/c1-12-3-4-13(18-17(23)14-5-6-16(22)20(2)19-14)11-15(12)27(24,25)21-7-9-26-10-8-21/h3-6,11H,7-10H2,1-2H3,(H,18,23). The summed E-state index contributed by atoms with van der Waals surface area (Å²) in [5, 5.41) is 6.51. The van der Waals surface area contributed by atoms with Crippen molar-refractivity contribution >= 4 is 21.6 Å². The van der Waals surface area contributed by atoms with Gasteiger partial charge in [0, 0.05) is 31.9 Å². The highest BCUT2D eigenvalue weighted by Crippen LogP contribution is 2.24. The molecule has 1 aliphatic heterocycles. The van der Waals surface area contributed by atoms with Gasteiger partial charge in [0.2, 0.25) is 10.0 Å². The Labute approximate surface area is 156 Å². The van der Waals surface area contributed by atoms with E-state index in [9.17, 15) is 18.0 Å². The van der Waals surface area contributed by atoms with Crippen molar-refractivity contribution in [2.45, 2.75) is 11.8 Å². The van der Waals surface area contributed by atoms with Gasteiger partial charge in [-0.1, -0.05) is 6.07 Å². The molecule has 3 rings (SSSR count). The van der Waals surface area contributed by atoms with Crippen LogP contribution in [0.3, 0.4) is 0 Å². The number of nitrogens with zero attached hydrogens (tertiary/aromatic N) is 3. The fraction of sp³-hybridized carbons (Fsp3) is 0.353. The summed E-state index contributed by atoms with van der Waals surface area (Å²) in [6.45, 7) is 2.99. The number of amides is 1. The van der Waals surface area contributed by atoms with E-state index >= 15 is 0 Å². The van der Waals surface area contributed by atoms with Crippen molar-refractivity contribution in [3.8, 4) is 0 Å². The van der Waals surface area contributed by atoms with Crippen LogP contribution in [0.2, 0.25) is 0 Å². The van der Waals surface area contributed by atoms with Crippen LogP contribution in [0.15, 0.2) is 40.0 Å². The van der Waals surface area contributed by atoms with Gasteiger partial charge in [0.05, 0.1) is 18.1 Å². The Morgan fingerprint density at radius 3 is 2.56 bits per heavy atom. The molecule has 1 aromatic carbocycles. The quantitative estimate of drug-likeness (QED) is 0.804. The van der Waals surface area contributed by atoms with E-state index in [1.807, 2.05) is 0 Å². The smallest absolute Gasteiger partial charge is 0.276 e. The van der Waals surface area contributed by atoms with Crippen molar-refractivity contribution < 1.29 is 17.9 Å². The number of carbonyl (C=O) groups is 1. The molecule has 1 fully saturated rings. The van der Waals surface area contributed by atoms with Crippen molar-refractivity contribution in [3.63, 3.8) is 0 Å². The first-order valence-corrected chi connectivity index (χ1v) is 9.77. The van der Waals surface area contributed by atoms with Gasteiger partial charge < -0.3 is 10.1 Å². The first-order chi connectivity index (χ1) is 12.8. The average Bonchev–Trinajstić information content (AvgIpc) is 2.66. The van der Waals surface area contributed by atoms with E-state index in [0.717, 1.165) is 4.68 Å². The number of hydrogen-bond acceptors (Lipinski definition) is 6. The molecule has 1 saturated heterocycles. The van der Waals surface area contributed by atoms with E-state index in [4.69, 9.17) is 4.74 Å². The second-order valence-corrected chi connectivity index (χ2v) is 8.04. The van der Waals surface area contributed by atoms with E-state index in [1.165, 1.54) is 29.6 Å². The van der Waals surface area contributed by atoms with E-state index in [2.05, 4.69) is 10.4 Å². The van der Waals surface area contributed by atoms with Gasteiger partial charge >= 0.3 is 0 Å². The Hall–Kier alpha value is -2.56. The van der Waals surface area contributed by atoms with Crippen LogP contribution in [0.4, 0.5) is 5.69 Å². The van der Waals surface area contributed by atoms with Crippen molar-refractivity contribution in [3.05, 3.63) is 51.9 Å². The summed E-state index contributed by atoms with van der Waals surface area (Å²) in [6, 6.07) is 7.24. The predicted molar refractivity (Wildman–Crippen MR) is 98.2 cm³/mol. The highest BCUT2D eigenvalue weighted by Gasteiger charge is 2.28. The Morgan fingerprint density at radius 2 is 1.89 bits per heavy atom. The van der Waals surface area contributed by atoms with Gasteiger partial charge in [-0.05, 0) is 30.7 Å². The number of sulfonamides is 1. The SMILES string of the molecule is Cc1ccc(NC(=O)c2ccc(=O)n(C)n2)cc1S(=O)(=O)N1CCOCC1. The maximum absolute atomic E-state index is 12.9. The Balaban J connectivity index is 1.87. The first-order valence-electron chi connectivity index (χ1n) is 8.33. The molecule has 1 aliphatic rings. The summed E-state index contributed by atoms with van der Waals surface area (Å²) < 4.78 is 33.4. The lowest BCUT2D eigenvalue weighted by Gasteiger charge is -2.26. The molecule has 1 aromatic heterocycles. The number of carbonyl (C=O) groups excluding carboxylic acids is 1. The summed E-state index contributed by atoms with van der Waals surface area (Å²) in [5.74, 6) is -0.538. The van der Waals surface area contributed by atoms with Gasteiger partial charge in [-0.3, -0.25) is 9.59 Å². The number of morpholine rings is 1. The Kier molecular flexibility index (Phi) is 5.40. The van der Waals surface area contributed by atoms with Crippen LogP contribution in [0.5, 0.6) is 0 Å². The molecular weight excluding hydrogens is 372 g/mol. The number of anilines is 1. The number of rotatable bonds is 4. The van der Waals surface area contributed by atoms with E-state index < -0.39 is 15.9 Å². The molecular formula is C17H20N4O5S. The van der Waals surface area contributed by atoms with Crippen LogP contribution < -0.4 is 10.9 Å². The molecule has 1 N–H and O–H groups in total. The lowest BCUT2D eigenvalue weighted by Crippen LogP contribution is -2.40. The largest absolute Gasteiger partial charge is 0.379 e. The van der Waals surface area contributed by atoms with E-state index in [1.54, 1.807) is 19.1 Å². The van der Waals surface area contributed by atoms with Gasteiger partial charge in [0.1, 0.15) is 5.69 Å². The molecule has 0 atom stereocenters. The summed E-state index contributed by atoms with van der Waals surface area (Å²) in [4.78, 5) is 23.9. The van der Waals surface area contributed by atoms with Crippen molar-refractivity contribution in [2.24, 2.45) is 7.05 Å². The highest BCUT2D eigenvalue weighted by atomic mass is 32.2.